The fourth-order valence-corrected chi connectivity index (χ4v) is 3.02. The van der Waals surface area contributed by atoms with E-state index < -0.39 is 0 Å². The van der Waals surface area contributed by atoms with E-state index in [9.17, 15) is 9.59 Å². The number of benzene rings is 1. The van der Waals surface area contributed by atoms with Gasteiger partial charge in [0.15, 0.2) is 0 Å². The van der Waals surface area contributed by atoms with Crippen molar-refractivity contribution in [2.24, 2.45) is 5.41 Å². The first-order chi connectivity index (χ1) is 12.8. The lowest BCUT2D eigenvalue weighted by Gasteiger charge is -2.20. The Hall–Kier alpha value is -2.37. The van der Waals surface area contributed by atoms with E-state index in [-0.39, 0.29) is 17.2 Å². The number of aryl methyl sites for hydroxylation is 1. The lowest BCUT2D eigenvalue weighted by Crippen LogP contribution is -2.35. The van der Waals surface area contributed by atoms with Crippen molar-refractivity contribution < 1.29 is 9.59 Å². The maximum absolute atomic E-state index is 12.6. The molecule has 0 radical (unpaired) electrons. The van der Waals surface area contributed by atoms with Gasteiger partial charge in [-0.3, -0.25) is 9.59 Å². The molecule has 0 saturated heterocycles. The lowest BCUT2D eigenvalue weighted by atomic mass is 9.96. The van der Waals surface area contributed by atoms with E-state index in [0.717, 1.165) is 23.3 Å². The normalized spacial score (nSPS) is 11.6. The number of hydrogen-bond acceptors (Lipinski definition) is 3. The molecule has 6 heteroatoms. The van der Waals surface area contributed by atoms with E-state index in [1.54, 1.807) is 0 Å². The van der Waals surface area contributed by atoms with Crippen LogP contribution in [0.1, 0.15) is 46.9 Å². The Labute approximate surface area is 161 Å². The summed E-state index contributed by atoms with van der Waals surface area (Å²) >= 11 is 0. The third kappa shape index (κ3) is 5.31. The zero-order valence-electron chi connectivity index (χ0n) is 17.2. The highest BCUT2D eigenvalue weighted by molar-refractivity contribution is 5.82. The average molecular weight is 373 g/mol. The molecule has 0 unspecified atom stereocenters. The molecule has 1 aromatic carbocycles. The Morgan fingerprint density at radius 2 is 1.81 bits per heavy atom. The fourth-order valence-electron chi connectivity index (χ4n) is 3.02. The minimum absolute atomic E-state index is 0.0488. The van der Waals surface area contributed by atoms with E-state index in [0.29, 0.717) is 32.6 Å². The molecule has 2 rings (SSSR count). The molecule has 1 N–H and O–H groups in total. The van der Waals surface area contributed by atoms with Gasteiger partial charge in [0.05, 0.1) is 11.0 Å². The molecule has 0 saturated carbocycles. The van der Waals surface area contributed by atoms with Gasteiger partial charge in [-0.15, -0.1) is 0 Å². The van der Waals surface area contributed by atoms with Crippen LogP contribution in [0.2, 0.25) is 0 Å². The number of para-hydroxylation sites is 2. The van der Waals surface area contributed by atoms with Crippen LogP contribution in [0.25, 0.3) is 11.0 Å². The molecular weight excluding hydrogens is 340 g/mol. The second kappa shape index (κ2) is 9.02. The van der Waals surface area contributed by atoms with E-state index in [1.165, 1.54) is 0 Å². The topological polar surface area (TPSA) is 67.2 Å². The van der Waals surface area contributed by atoms with E-state index in [1.807, 2.05) is 68.4 Å². The third-order valence-corrected chi connectivity index (χ3v) is 4.69. The molecule has 0 spiro atoms. The minimum Gasteiger partial charge on any atom is -0.356 e. The molecule has 0 fully saturated rings. The zero-order valence-corrected chi connectivity index (χ0v) is 17.2. The molecular formula is C21H32N4O2. The van der Waals surface area contributed by atoms with Gasteiger partial charge in [0.1, 0.15) is 12.4 Å². The standard InChI is InChI=1S/C21H32N4O2/c1-6-24(7-2)19(26)15-25-17-12-9-8-11-16(17)23-18(25)13-10-14-22-20(27)21(3,4)5/h8-9,11-12H,6-7,10,13-15H2,1-5H3,(H,22,27). The summed E-state index contributed by atoms with van der Waals surface area (Å²) in [5, 5.41) is 2.97. The fraction of sp³-hybridized carbons (Fsp3) is 0.571. The van der Waals surface area contributed by atoms with Gasteiger partial charge in [-0.1, -0.05) is 32.9 Å². The summed E-state index contributed by atoms with van der Waals surface area (Å²) in [6, 6.07) is 7.90. The van der Waals surface area contributed by atoms with Crippen LogP contribution >= 0.6 is 0 Å². The number of aromatic nitrogens is 2. The number of imidazole rings is 1. The second-order valence-electron chi connectivity index (χ2n) is 7.78. The van der Waals surface area contributed by atoms with Crippen LogP contribution in [0, 0.1) is 5.41 Å². The molecule has 6 nitrogen and oxygen atoms in total. The van der Waals surface area contributed by atoms with Crippen LogP contribution < -0.4 is 5.32 Å². The SMILES string of the molecule is CCN(CC)C(=O)Cn1c(CCCNC(=O)C(C)(C)C)nc2ccccc21. The first kappa shape index (κ1) is 20.9. The molecule has 0 aliphatic rings. The predicted octanol–water partition coefficient (Wildman–Crippen LogP) is 3.00. The van der Waals surface area contributed by atoms with Crippen LogP contribution in [0.15, 0.2) is 24.3 Å². The maximum atomic E-state index is 12.6. The van der Waals surface area contributed by atoms with Crippen molar-refractivity contribution in [2.45, 2.75) is 54.0 Å². The first-order valence-electron chi connectivity index (χ1n) is 9.78. The van der Waals surface area contributed by atoms with Crippen molar-refractivity contribution in [2.75, 3.05) is 19.6 Å². The second-order valence-corrected chi connectivity index (χ2v) is 7.78. The predicted molar refractivity (Wildman–Crippen MR) is 108 cm³/mol. The smallest absolute Gasteiger partial charge is 0.242 e. The summed E-state index contributed by atoms with van der Waals surface area (Å²) in [7, 11) is 0. The van der Waals surface area contributed by atoms with Crippen LogP contribution in [0.5, 0.6) is 0 Å². The van der Waals surface area contributed by atoms with Crippen LogP contribution in [-0.2, 0) is 22.6 Å². The van der Waals surface area contributed by atoms with Gasteiger partial charge in [0.2, 0.25) is 11.8 Å². The van der Waals surface area contributed by atoms with Gasteiger partial charge < -0.3 is 14.8 Å². The molecule has 27 heavy (non-hydrogen) atoms. The number of fused-ring (bicyclic) bond motifs is 1. The summed E-state index contributed by atoms with van der Waals surface area (Å²) in [6.45, 7) is 12.0. The summed E-state index contributed by atoms with van der Waals surface area (Å²) < 4.78 is 2.02. The van der Waals surface area contributed by atoms with Crippen molar-refractivity contribution in [1.29, 1.82) is 0 Å². The van der Waals surface area contributed by atoms with Crippen LogP contribution in [0.3, 0.4) is 0 Å². The number of likely N-dealkylation sites (N-methyl/N-ethyl adjacent to an activating group) is 1. The Kier molecular flexibility index (Phi) is 6.99. The highest BCUT2D eigenvalue weighted by Crippen LogP contribution is 2.18. The number of nitrogens with zero attached hydrogens (tertiary/aromatic N) is 3. The first-order valence-corrected chi connectivity index (χ1v) is 9.78. The molecule has 0 bridgehead atoms. The molecule has 0 aliphatic heterocycles. The monoisotopic (exact) mass is 372 g/mol. The minimum atomic E-state index is -0.386. The Morgan fingerprint density at radius 3 is 2.44 bits per heavy atom. The van der Waals surface area contributed by atoms with Gasteiger partial charge in [-0.05, 0) is 32.4 Å². The van der Waals surface area contributed by atoms with Crippen molar-refractivity contribution >= 4 is 22.8 Å². The van der Waals surface area contributed by atoms with E-state index >= 15 is 0 Å². The molecule has 2 amide bonds. The largest absolute Gasteiger partial charge is 0.356 e. The molecule has 1 aromatic heterocycles. The Morgan fingerprint density at radius 1 is 1.15 bits per heavy atom. The molecule has 0 aliphatic carbocycles. The highest BCUT2D eigenvalue weighted by atomic mass is 16.2. The van der Waals surface area contributed by atoms with Crippen LogP contribution in [-0.4, -0.2) is 45.9 Å². The van der Waals surface area contributed by atoms with Crippen molar-refractivity contribution in [3.05, 3.63) is 30.1 Å². The van der Waals surface area contributed by atoms with Crippen LogP contribution in [0.4, 0.5) is 0 Å². The number of hydrogen-bond donors (Lipinski definition) is 1. The zero-order chi connectivity index (χ0) is 20.0. The van der Waals surface area contributed by atoms with E-state index in [2.05, 4.69) is 5.32 Å². The maximum Gasteiger partial charge on any atom is 0.242 e. The Balaban J connectivity index is 2.11. The number of rotatable bonds is 8. The highest BCUT2D eigenvalue weighted by Gasteiger charge is 2.20. The summed E-state index contributed by atoms with van der Waals surface area (Å²) in [4.78, 5) is 31.2. The van der Waals surface area contributed by atoms with Gasteiger partial charge in [0.25, 0.3) is 0 Å². The molecule has 148 valence electrons. The van der Waals surface area contributed by atoms with E-state index in [4.69, 9.17) is 4.98 Å². The van der Waals surface area contributed by atoms with Gasteiger partial charge in [-0.25, -0.2) is 4.98 Å². The van der Waals surface area contributed by atoms with Crippen molar-refractivity contribution in [3.8, 4) is 0 Å². The summed E-state index contributed by atoms with van der Waals surface area (Å²) in [5.74, 6) is 1.04. The quantitative estimate of drug-likeness (QED) is 0.725. The van der Waals surface area contributed by atoms with Gasteiger partial charge >= 0.3 is 0 Å². The Bertz CT molecular complexity index is 785. The molecule has 1 heterocycles. The third-order valence-electron chi connectivity index (χ3n) is 4.69. The van der Waals surface area contributed by atoms with Gasteiger partial charge in [-0.2, -0.15) is 0 Å². The number of amides is 2. The van der Waals surface area contributed by atoms with Gasteiger partial charge in [0, 0.05) is 31.5 Å². The molecule has 0 atom stereocenters. The molecule has 2 aromatic rings. The summed E-state index contributed by atoms with van der Waals surface area (Å²) in [5.41, 5.74) is 1.49. The van der Waals surface area contributed by atoms with Crippen molar-refractivity contribution in [3.63, 3.8) is 0 Å². The number of carbonyl (C=O) groups is 2. The lowest BCUT2D eigenvalue weighted by molar-refractivity contribution is -0.131. The van der Waals surface area contributed by atoms with Crippen molar-refractivity contribution in [1.82, 2.24) is 19.8 Å². The summed E-state index contributed by atoms with van der Waals surface area (Å²) in [6.07, 6.45) is 1.50. The number of nitrogens with one attached hydrogen (secondary N) is 1. The number of carbonyl (C=O) groups excluding carboxylic acids is 2. The average Bonchev–Trinajstić information content (AvgIpc) is 2.96.